The van der Waals surface area contributed by atoms with Gasteiger partial charge in [-0.3, -0.25) is 4.79 Å². The second kappa shape index (κ2) is 6.45. The zero-order valence-electron chi connectivity index (χ0n) is 12.7. The smallest absolute Gasteiger partial charge is 0.306 e. The molecule has 3 rings (SSSR count). The minimum atomic E-state index is -2.76. The molecule has 0 atom stereocenters. The van der Waals surface area contributed by atoms with E-state index in [2.05, 4.69) is 27.5 Å². The molecule has 124 valence electrons. The molecule has 0 radical (unpaired) electrons. The van der Waals surface area contributed by atoms with Gasteiger partial charge in [-0.15, -0.1) is 0 Å². The predicted octanol–water partition coefficient (Wildman–Crippen LogP) is 1.99. The van der Waals surface area contributed by atoms with E-state index in [4.69, 9.17) is 0 Å². The van der Waals surface area contributed by atoms with Gasteiger partial charge in [-0.25, -0.2) is 9.36 Å². The Hall–Kier alpha value is -2.29. The maximum Gasteiger partial charge on any atom is 0.333 e. The Morgan fingerprint density at radius 2 is 2.09 bits per heavy atom. The molecule has 1 amide bonds. The number of hydrogen-bond donors (Lipinski definition) is 1. The molecule has 2 aromatic heterocycles. The standard InChI is InChI=1S/C14H18F2N6O/c1-20-7-3-10(4-8-20)22-12(2-6-17-22)18-13(23)11-5-9-21(19-11)14(15)16/h2,5-6,9-10,14H,3-4,7-8H2,1H3,(H,18,23). The number of piperidine rings is 1. The second-order valence-corrected chi connectivity index (χ2v) is 5.61. The van der Waals surface area contributed by atoms with Gasteiger partial charge in [-0.2, -0.15) is 19.0 Å². The van der Waals surface area contributed by atoms with Crippen molar-refractivity contribution in [2.75, 3.05) is 25.5 Å². The third-order valence-electron chi connectivity index (χ3n) is 3.99. The van der Waals surface area contributed by atoms with E-state index in [1.165, 1.54) is 6.07 Å². The number of nitrogens with one attached hydrogen (secondary N) is 1. The topological polar surface area (TPSA) is 68.0 Å². The SMILES string of the molecule is CN1CCC(n2nccc2NC(=O)c2ccn(C(F)F)n2)CC1. The zero-order valence-corrected chi connectivity index (χ0v) is 12.7. The van der Waals surface area contributed by atoms with E-state index in [1.54, 1.807) is 16.9 Å². The van der Waals surface area contributed by atoms with E-state index in [-0.39, 0.29) is 11.7 Å². The van der Waals surface area contributed by atoms with Crippen LogP contribution in [0.15, 0.2) is 24.5 Å². The first-order chi connectivity index (χ1) is 11.0. The molecule has 1 fully saturated rings. The summed E-state index contributed by atoms with van der Waals surface area (Å²) in [6.07, 6.45) is 4.58. The highest BCUT2D eigenvalue weighted by Crippen LogP contribution is 2.24. The van der Waals surface area contributed by atoms with Gasteiger partial charge in [0.1, 0.15) is 5.82 Å². The van der Waals surface area contributed by atoms with Crippen LogP contribution in [-0.4, -0.2) is 50.5 Å². The molecule has 0 aliphatic carbocycles. The Morgan fingerprint density at radius 1 is 1.35 bits per heavy atom. The molecular weight excluding hydrogens is 306 g/mol. The van der Waals surface area contributed by atoms with Crippen LogP contribution < -0.4 is 5.32 Å². The number of halogens is 2. The molecule has 0 unspecified atom stereocenters. The maximum atomic E-state index is 12.5. The minimum absolute atomic E-state index is 0.0542. The summed E-state index contributed by atoms with van der Waals surface area (Å²) < 4.78 is 27.3. The van der Waals surface area contributed by atoms with Crippen LogP contribution in [0.25, 0.3) is 0 Å². The lowest BCUT2D eigenvalue weighted by atomic mass is 10.1. The van der Waals surface area contributed by atoms with Crippen LogP contribution in [0, 0.1) is 0 Å². The molecule has 9 heteroatoms. The fraction of sp³-hybridized carbons (Fsp3) is 0.500. The number of anilines is 1. The summed E-state index contributed by atoms with van der Waals surface area (Å²) in [4.78, 5) is 14.4. The van der Waals surface area contributed by atoms with Gasteiger partial charge in [0.05, 0.1) is 12.2 Å². The van der Waals surface area contributed by atoms with Crippen LogP contribution in [0.5, 0.6) is 0 Å². The van der Waals surface area contributed by atoms with Crippen molar-refractivity contribution in [2.45, 2.75) is 25.4 Å². The van der Waals surface area contributed by atoms with Gasteiger partial charge in [0.2, 0.25) is 0 Å². The molecule has 2 aromatic rings. The number of aromatic nitrogens is 4. The summed E-state index contributed by atoms with van der Waals surface area (Å²) >= 11 is 0. The maximum absolute atomic E-state index is 12.5. The summed E-state index contributed by atoms with van der Waals surface area (Å²) in [5.74, 6) is 0.0234. The number of nitrogens with zero attached hydrogens (tertiary/aromatic N) is 5. The van der Waals surface area contributed by atoms with Crippen LogP contribution in [-0.2, 0) is 0 Å². The Balaban J connectivity index is 1.70. The van der Waals surface area contributed by atoms with Gasteiger partial charge in [-0.05, 0) is 39.0 Å². The average Bonchev–Trinajstić information content (AvgIpc) is 3.17. The molecule has 3 heterocycles. The van der Waals surface area contributed by atoms with Gasteiger partial charge >= 0.3 is 6.55 Å². The predicted molar refractivity (Wildman–Crippen MR) is 79.4 cm³/mol. The Morgan fingerprint density at radius 3 is 2.74 bits per heavy atom. The summed E-state index contributed by atoms with van der Waals surface area (Å²) in [6, 6.07) is 3.17. The number of amides is 1. The lowest BCUT2D eigenvalue weighted by Crippen LogP contribution is -2.32. The van der Waals surface area contributed by atoms with Crippen molar-refractivity contribution < 1.29 is 13.6 Å². The van der Waals surface area contributed by atoms with Crippen molar-refractivity contribution in [1.82, 2.24) is 24.5 Å². The minimum Gasteiger partial charge on any atom is -0.306 e. The van der Waals surface area contributed by atoms with E-state index in [0.717, 1.165) is 32.1 Å². The highest BCUT2D eigenvalue weighted by molar-refractivity contribution is 6.02. The first-order valence-corrected chi connectivity index (χ1v) is 7.41. The first kappa shape index (κ1) is 15.6. The van der Waals surface area contributed by atoms with Gasteiger partial charge in [-0.1, -0.05) is 0 Å². The number of hydrogen-bond acceptors (Lipinski definition) is 4. The zero-order chi connectivity index (χ0) is 16.4. The van der Waals surface area contributed by atoms with Gasteiger partial charge < -0.3 is 10.2 Å². The van der Waals surface area contributed by atoms with Crippen molar-refractivity contribution >= 4 is 11.7 Å². The molecule has 1 saturated heterocycles. The van der Waals surface area contributed by atoms with E-state index in [0.29, 0.717) is 10.5 Å². The lowest BCUT2D eigenvalue weighted by molar-refractivity contribution is 0.0561. The fourth-order valence-electron chi connectivity index (χ4n) is 2.69. The highest BCUT2D eigenvalue weighted by Gasteiger charge is 2.22. The largest absolute Gasteiger partial charge is 0.333 e. The van der Waals surface area contributed by atoms with Crippen LogP contribution in [0.2, 0.25) is 0 Å². The third-order valence-corrected chi connectivity index (χ3v) is 3.99. The molecule has 7 nitrogen and oxygen atoms in total. The number of rotatable bonds is 4. The van der Waals surface area contributed by atoms with Crippen molar-refractivity contribution in [2.24, 2.45) is 0 Å². The second-order valence-electron chi connectivity index (χ2n) is 5.61. The van der Waals surface area contributed by atoms with Crippen LogP contribution in [0.4, 0.5) is 14.6 Å². The molecule has 0 spiro atoms. The highest BCUT2D eigenvalue weighted by atomic mass is 19.3. The lowest BCUT2D eigenvalue weighted by Gasteiger charge is -2.29. The van der Waals surface area contributed by atoms with Crippen LogP contribution >= 0.6 is 0 Å². The number of alkyl halides is 2. The van der Waals surface area contributed by atoms with E-state index < -0.39 is 12.5 Å². The van der Waals surface area contributed by atoms with Gasteiger partial charge in [0.25, 0.3) is 5.91 Å². The molecule has 1 aliphatic rings. The monoisotopic (exact) mass is 324 g/mol. The number of likely N-dealkylation sites (tertiary alicyclic amines) is 1. The normalized spacial score (nSPS) is 16.9. The third kappa shape index (κ3) is 3.39. The van der Waals surface area contributed by atoms with Crippen LogP contribution in [0.1, 0.15) is 35.9 Å². The van der Waals surface area contributed by atoms with E-state index in [9.17, 15) is 13.6 Å². The quantitative estimate of drug-likeness (QED) is 0.934. The van der Waals surface area contributed by atoms with E-state index in [1.807, 2.05) is 0 Å². The summed E-state index contributed by atoms with van der Waals surface area (Å²) in [5, 5.41) is 10.5. The van der Waals surface area contributed by atoms with Crippen molar-refractivity contribution in [3.8, 4) is 0 Å². The van der Waals surface area contributed by atoms with Crippen LogP contribution in [0.3, 0.4) is 0 Å². The summed E-state index contributed by atoms with van der Waals surface area (Å²) in [6.45, 7) is -0.825. The van der Waals surface area contributed by atoms with Gasteiger partial charge in [0.15, 0.2) is 5.69 Å². The van der Waals surface area contributed by atoms with Crippen molar-refractivity contribution in [1.29, 1.82) is 0 Å². The van der Waals surface area contributed by atoms with Crippen molar-refractivity contribution in [3.63, 3.8) is 0 Å². The number of carbonyl (C=O) groups excluding carboxylic acids is 1. The Labute approximate surface area is 131 Å². The number of carbonyl (C=O) groups is 1. The molecule has 0 saturated carbocycles. The fourth-order valence-corrected chi connectivity index (χ4v) is 2.69. The van der Waals surface area contributed by atoms with E-state index >= 15 is 0 Å². The Bertz CT molecular complexity index is 674. The molecule has 1 aliphatic heterocycles. The molecular formula is C14H18F2N6O. The average molecular weight is 324 g/mol. The molecule has 0 bridgehead atoms. The Kier molecular flexibility index (Phi) is 4.37. The summed E-state index contributed by atoms with van der Waals surface area (Å²) in [7, 11) is 2.07. The molecule has 23 heavy (non-hydrogen) atoms. The van der Waals surface area contributed by atoms with Gasteiger partial charge in [0, 0.05) is 12.3 Å². The summed E-state index contributed by atoms with van der Waals surface area (Å²) in [5.41, 5.74) is -0.0542. The first-order valence-electron chi connectivity index (χ1n) is 7.41. The molecule has 1 N–H and O–H groups in total. The van der Waals surface area contributed by atoms with Crippen molar-refractivity contribution in [3.05, 3.63) is 30.2 Å². The molecule has 0 aromatic carbocycles.